The molecule has 0 spiro atoms. The maximum Gasteiger partial charge on any atom is 0.0702 e. The fraction of sp³-hybridized carbons (Fsp3) is 1.00. The van der Waals surface area contributed by atoms with E-state index in [0.717, 1.165) is 6.61 Å². The molecule has 2 atom stereocenters. The van der Waals surface area contributed by atoms with E-state index in [-0.39, 0.29) is 0 Å². The lowest BCUT2D eigenvalue weighted by molar-refractivity contribution is 0.0493. The molecule has 0 aromatic carbocycles. The summed E-state index contributed by atoms with van der Waals surface area (Å²) in [4.78, 5) is 2.58. The standard InChI is InChI=1S/C15H30N2O/c1-4-6-15(7-9-16-10-8-15)12-17(3)14-5-11-18-13(14)2/h13-14,16H,4-12H2,1-3H3. The number of rotatable bonds is 5. The summed E-state index contributed by atoms with van der Waals surface area (Å²) in [6.45, 7) is 9.14. The minimum absolute atomic E-state index is 0.412. The van der Waals surface area contributed by atoms with Crippen LogP contribution in [0.2, 0.25) is 0 Å². The van der Waals surface area contributed by atoms with Crippen molar-refractivity contribution in [2.24, 2.45) is 5.41 Å². The average Bonchev–Trinajstić information content (AvgIpc) is 2.77. The van der Waals surface area contributed by atoms with E-state index < -0.39 is 0 Å². The molecule has 106 valence electrons. The average molecular weight is 254 g/mol. The molecule has 2 fully saturated rings. The van der Waals surface area contributed by atoms with E-state index in [4.69, 9.17) is 4.74 Å². The molecule has 0 aliphatic carbocycles. The van der Waals surface area contributed by atoms with E-state index in [2.05, 4.69) is 31.1 Å². The van der Waals surface area contributed by atoms with Crippen LogP contribution in [-0.4, -0.2) is 50.3 Å². The third-order valence-corrected chi connectivity index (χ3v) is 4.93. The van der Waals surface area contributed by atoms with Crippen molar-refractivity contribution in [2.45, 2.75) is 58.1 Å². The molecule has 0 bridgehead atoms. The van der Waals surface area contributed by atoms with Gasteiger partial charge in [-0.25, -0.2) is 0 Å². The molecular formula is C15H30N2O. The fourth-order valence-electron chi connectivity index (χ4n) is 3.92. The molecule has 1 N–H and O–H groups in total. The first-order chi connectivity index (χ1) is 8.67. The third-order valence-electron chi connectivity index (χ3n) is 4.93. The summed E-state index contributed by atoms with van der Waals surface area (Å²) in [7, 11) is 2.30. The molecular weight excluding hydrogens is 224 g/mol. The second-order valence-electron chi connectivity index (χ2n) is 6.35. The van der Waals surface area contributed by atoms with Crippen LogP contribution >= 0.6 is 0 Å². The minimum atomic E-state index is 0.412. The molecule has 3 nitrogen and oxygen atoms in total. The van der Waals surface area contributed by atoms with Crippen molar-refractivity contribution in [1.82, 2.24) is 10.2 Å². The molecule has 0 aromatic heterocycles. The van der Waals surface area contributed by atoms with Gasteiger partial charge in [-0.2, -0.15) is 0 Å². The number of hydrogen-bond donors (Lipinski definition) is 1. The number of nitrogens with zero attached hydrogens (tertiary/aromatic N) is 1. The zero-order valence-electron chi connectivity index (χ0n) is 12.4. The van der Waals surface area contributed by atoms with Crippen LogP contribution in [-0.2, 0) is 4.74 Å². The van der Waals surface area contributed by atoms with Gasteiger partial charge >= 0.3 is 0 Å². The zero-order valence-corrected chi connectivity index (χ0v) is 12.4. The normalized spacial score (nSPS) is 32.0. The van der Waals surface area contributed by atoms with E-state index in [0.29, 0.717) is 17.6 Å². The van der Waals surface area contributed by atoms with E-state index in [9.17, 15) is 0 Å². The molecule has 0 saturated carbocycles. The van der Waals surface area contributed by atoms with Gasteiger partial charge in [-0.1, -0.05) is 13.3 Å². The van der Waals surface area contributed by atoms with Crippen molar-refractivity contribution in [3.8, 4) is 0 Å². The van der Waals surface area contributed by atoms with Crippen LogP contribution in [0, 0.1) is 5.41 Å². The first-order valence-electron chi connectivity index (χ1n) is 7.69. The molecule has 0 radical (unpaired) electrons. The Kier molecular flexibility index (Phi) is 5.05. The number of nitrogens with one attached hydrogen (secondary N) is 1. The van der Waals surface area contributed by atoms with Crippen LogP contribution in [0.15, 0.2) is 0 Å². The second kappa shape index (κ2) is 6.36. The largest absolute Gasteiger partial charge is 0.377 e. The lowest BCUT2D eigenvalue weighted by atomic mass is 9.74. The van der Waals surface area contributed by atoms with Gasteiger partial charge < -0.3 is 15.0 Å². The molecule has 2 unspecified atom stereocenters. The Hall–Kier alpha value is -0.120. The molecule has 2 heterocycles. The summed E-state index contributed by atoms with van der Waals surface area (Å²) in [6, 6.07) is 0.633. The summed E-state index contributed by atoms with van der Waals surface area (Å²) in [5.74, 6) is 0. The Bertz CT molecular complexity index is 245. The first kappa shape index (κ1) is 14.3. The molecule has 3 heteroatoms. The van der Waals surface area contributed by atoms with Crippen molar-refractivity contribution in [3.05, 3.63) is 0 Å². The fourth-order valence-corrected chi connectivity index (χ4v) is 3.92. The van der Waals surface area contributed by atoms with Crippen molar-refractivity contribution in [2.75, 3.05) is 33.3 Å². The molecule has 2 saturated heterocycles. The van der Waals surface area contributed by atoms with Crippen LogP contribution in [0.25, 0.3) is 0 Å². The topological polar surface area (TPSA) is 24.5 Å². The Balaban J connectivity index is 1.95. The predicted molar refractivity (Wildman–Crippen MR) is 75.9 cm³/mol. The van der Waals surface area contributed by atoms with Gasteiger partial charge in [0.15, 0.2) is 0 Å². The molecule has 2 aliphatic rings. The molecule has 0 amide bonds. The van der Waals surface area contributed by atoms with Gasteiger partial charge in [-0.15, -0.1) is 0 Å². The third kappa shape index (κ3) is 3.25. The highest BCUT2D eigenvalue weighted by Crippen LogP contribution is 2.36. The summed E-state index contributed by atoms with van der Waals surface area (Å²) in [5.41, 5.74) is 0.553. The van der Waals surface area contributed by atoms with Crippen LogP contribution in [0.1, 0.15) is 46.0 Å². The van der Waals surface area contributed by atoms with Crippen molar-refractivity contribution < 1.29 is 4.74 Å². The molecule has 2 aliphatic heterocycles. The van der Waals surface area contributed by atoms with Crippen LogP contribution < -0.4 is 5.32 Å². The minimum Gasteiger partial charge on any atom is -0.377 e. The van der Waals surface area contributed by atoms with E-state index in [1.54, 1.807) is 0 Å². The number of ether oxygens (including phenoxy) is 1. The highest BCUT2D eigenvalue weighted by atomic mass is 16.5. The number of likely N-dealkylation sites (N-methyl/N-ethyl adjacent to an activating group) is 1. The van der Waals surface area contributed by atoms with Crippen LogP contribution in [0.3, 0.4) is 0 Å². The quantitative estimate of drug-likeness (QED) is 0.814. The van der Waals surface area contributed by atoms with E-state index in [1.807, 2.05) is 0 Å². The van der Waals surface area contributed by atoms with Gasteiger partial charge in [-0.3, -0.25) is 0 Å². The summed E-state index contributed by atoms with van der Waals surface area (Å²) in [6.07, 6.45) is 6.99. The summed E-state index contributed by atoms with van der Waals surface area (Å²) >= 11 is 0. The maximum absolute atomic E-state index is 5.71. The summed E-state index contributed by atoms with van der Waals surface area (Å²) in [5, 5.41) is 3.51. The van der Waals surface area contributed by atoms with Gasteiger partial charge in [0.1, 0.15) is 0 Å². The molecule has 2 rings (SSSR count). The smallest absolute Gasteiger partial charge is 0.0702 e. The predicted octanol–water partition coefficient (Wildman–Crippen LogP) is 2.27. The van der Waals surface area contributed by atoms with Gasteiger partial charge in [0.05, 0.1) is 6.10 Å². The highest BCUT2D eigenvalue weighted by molar-refractivity contribution is 4.90. The SMILES string of the molecule is CCCC1(CN(C)C2CCOC2C)CCNCC1. The van der Waals surface area contributed by atoms with Crippen molar-refractivity contribution >= 4 is 0 Å². The Morgan fingerprint density at radius 3 is 2.61 bits per heavy atom. The van der Waals surface area contributed by atoms with Crippen LogP contribution in [0.4, 0.5) is 0 Å². The molecule has 0 aromatic rings. The van der Waals surface area contributed by atoms with Crippen molar-refractivity contribution in [3.63, 3.8) is 0 Å². The summed E-state index contributed by atoms with van der Waals surface area (Å²) < 4.78 is 5.71. The molecule has 18 heavy (non-hydrogen) atoms. The first-order valence-corrected chi connectivity index (χ1v) is 7.69. The van der Waals surface area contributed by atoms with Gasteiger partial charge in [0, 0.05) is 19.2 Å². The highest BCUT2D eigenvalue weighted by Gasteiger charge is 2.36. The zero-order chi connectivity index (χ0) is 13.0. The van der Waals surface area contributed by atoms with E-state index >= 15 is 0 Å². The van der Waals surface area contributed by atoms with Gasteiger partial charge in [0.25, 0.3) is 0 Å². The lowest BCUT2D eigenvalue weighted by Crippen LogP contribution is -2.48. The van der Waals surface area contributed by atoms with Crippen LogP contribution in [0.5, 0.6) is 0 Å². The monoisotopic (exact) mass is 254 g/mol. The van der Waals surface area contributed by atoms with Crippen molar-refractivity contribution in [1.29, 1.82) is 0 Å². The number of piperidine rings is 1. The lowest BCUT2D eigenvalue weighted by Gasteiger charge is -2.42. The Morgan fingerprint density at radius 2 is 2.06 bits per heavy atom. The van der Waals surface area contributed by atoms with E-state index in [1.165, 1.54) is 51.7 Å². The Morgan fingerprint density at radius 1 is 1.33 bits per heavy atom. The Labute approximate surface area is 112 Å². The van der Waals surface area contributed by atoms with Gasteiger partial charge in [0.2, 0.25) is 0 Å². The number of hydrogen-bond acceptors (Lipinski definition) is 3. The maximum atomic E-state index is 5.71. The second-order valence-corrected chi connectivity index (χ2v) is 6.35. The van der Waals surface area contributed by atoms with Gasteiger partial charge in [-0.05, 0) is 58.2 Å².